The van der Waals surface area contributed by atoms with Crippen molar-refractivity contribution in [3.05, 3.63) is 69.6 Å². The van der Waals surface area contributed by atoms with E-state index in [0.29, 0.717) is 59.2 Å². The maximum absolute atomic E-state index is 12.4. The van der Waals surface area contributed by atoms with Crippen LogP contribution in [0.1, 0.15) is 55.2 Å². The molecule has 38 heavy (non-hydrogen) atoms. The smallest absolute Gasteiger partial charge is 0.220 e. The van der Waals surface area contributed by atoms with Gasteiger partial charge in [-0.25, -0.2) is 0 Å². The summed E-state index contributed by atoms with van der Waals surface area (Å²) in [4.78, 5) is 15.1. The molecule has 0 radical (unpaired) electrons. The van der Waals surface area contributed by atoms with Crippen LogP contribution in [0.3, 0.4) is 0 Å². The van der Waals surface area contributed by atoms with Crippen LogP contribution in [0.5, 0.6) is 11.5 Å². The quantitative estimate of drug-likeness (QED) is 0.115. The van der Waals surface area contributed by atoms with E-state index in [1.54, 1.807) is 0 Å². The van der Waals surface area contributed by atoms with E-state index in [9.17, 15) is 4.79 Å². The molecule has 1 amide bonds. The first-order valence-corrected chi connectivity index (χ1v) is 13.6. The average Bonchev–Trinajstić information content (AvgIpc) is 3.32. The molecule has 0 heterocycles. The second kappa shape index (κ2) is 17.3. The van der Waals surface area contributed by atoms with E-state index in [-0.39, 0.29) is 11.8 Å². The number of benzene rings is 2. The predicted octanol–water partition coefficient (Wildman–Crippen LogP) is 5.37. The van der Waals surface area contributed by atoms with Crippen LogP contribution in [0.4, 0.5) is 0 Å². The number of ether oxygens (including phenoxy) is 4. The van der Waals surface area contributed by atoms with Crippen LogP contribution >= 0.6 is 0 Å². The van der Waals surface area contributed by atoms with Gasteiger partial charge in [0.1, 0.15) is 11.5 Å². The molecule has 0 aliphatic heterocycles. The number of amides is 1. The van der Waals surface area contributed by atoms with Crippen LogP contribution in [0.25, 0.3) is 10.4 Å². The zero-order valence-electron chi connectivity index (χ0n) is 22.4. The number of hydrogen-bond donors (Lipinski definition) is 1. The summed E-state index contributed by atoms with van der Waals surface area (Å²) < 4.78 is 22.7. The maximum atomic E-state index is 12.4. The first-order chi connectivity index (χ1) is 18.7. The van der Waals surface area contributed by atoms with Crippen molar-refractivity contribution in [1.29, 1.82) is 0 Å². The Morgan fingerprint density at radius 1 is 1.05 bits per heavy atom. The summed E-state index contributed by atoms with van der Waals surface area (Å²) in [5, 5.41) is 6.33. The molecule has 1 N–H and O–H groups in total. The standard InChI is InChI=1S/C29H40N4O5/c1-2-6-23-7-3-4-8-28(23)38-16-5-15-37-26-11-12-27-24(21-26)9-10-25(27)22-29(34)31-13-17-35-19-20-36-18-14-32-33-30/h3-4,7-8,11-12,21,25H,2,5-6,9-10,13-20,22H2,1H3,(H,31,34)/t25-/m0/s1. The van der Waals surface area contributed by atoms with Crippen molar-refractivity contribution >= 4 is 5.91 Å². The number of para-hydroxylation sites is 1. The van der Waals surface area contributed by atoms with Crippen LogP contribution < -0.4 is 14.8 Å². The molecule has 0 unspecified atom stereocenters. The maximum Gasteiger partial charge on any atom is 0.220 e. The minimum absolute atomic E-state index is 0.0397. The second-order valence-electron chi connectivity index (χ2n) is 9.24. The Morgan fingerprint density at radius 3 is 2.71 bits per heavy atom. The monoisotopic (exact) mass is 524 g/mol. The summed E-state index contributed by atoms with van der Waals surface area (Å²) in [6.45, 7) is 5.87. The molecule has 0 bridgehead atoms. The summed E-state index contributed by atoms with van der Waals surface area (Å²) in [7, 11) is 0. The van der Waals surface area contributed by atoms with Crippen molar-refractivity contribution < 1.29 is 23.7 Å². The number of rotatable bonds is 19. The molecule has 0 saturated heterocycles. The van der Waals surface area contributed by atoms with Gasteiger partial charge in [0.15, 0.2) is 0 Å². The summed E-state index contributed by atoms with van der Waals surface area (Å²) in [6, 6.07) is 14.5. The molecule has 2 aromatic rings. The molecule has 0 aromatic heterocycles. The Labute approximate surface area is 225 Å². The van der Waals surface area contributed by atoms with Crippen LogP contribution in [-0.2, 0) is 27.1 Å². The lowest BCUT2D eigenvalue weighted by atomic mass is 9.97. The van der Waals surface area contributed by atoms with E-state index in [1.165, 1.54) is 16.7 Å². The van der Waals surface area contributed by atoms with Crippen molar-refractivity contribution in [3.63, 3.8) is 0 Å². The normalized spacial score (nSPS) is 14.0. The van der Waals surface area contributed by atoms with Crippen molar-refractivity contribution in [2.45, 2.75) is 51.4 Å². The molecule has 9 heteroatoms. The predicted molar refractivity (Wildman–Crippen MR) is 147 cm³/mol. The van der Waals surface area contributed by atoms with Crippen molar-refractivity contribution in [2.24, 2.45) is 5.11 Å². The number of hydrogen-bond acceptors (Lipinski definition) is 6. The highest BCUT2D eigenvalue weighted by Crippen LogP contribution is 2.37. The third kappa shape index (κ3) is 10.2. The molecule has 0 fully saturated rings. The molecule has 0 saturated carbocycles. The fourth-order valence-corrected chi connectivity index (χ4v) is 4.57. The van der Waals surface area contributed by atoms with E-state index in [4.69, 9.17) is 24.5 Å². The topological polar surface area (TPSA) is 115 Å². The minimum atomic E-state index is 0.0397. The fourth-order valence-electron chi connectivity index (χ4n) is 4.57. The Kier molecular flexibility index (Phi) is 13.3. The van der Waals surface area contributed by atoms with Gasteiger partial charge in [0.05, 0.1) is 39.6 Å². The number of nitrogens with zero attached hydrogens (tertiary/aromatic N) is 3. The van der Waals surface area contributed by atoms with Crippen molar-refractivity contribution in [1.82, 2.24) is 5.32 Å². The zero-order valence-corrected chi connectivity index (χ0v) is 22.4. The SMILES string of the molecule is CCCc1ccccc1OCCCOc1ccc2c(c1)CC[C@H]2CC(=O)NCCOCCOCCN=[N+]=[N-]. The number of aryl methyl sites for hydroxylation is 2. The second-order valence-corrected chi connectivity index (χ2v) is 9.24. The van der Waals surface area contributed by atoms with Gasteiger partial charge in [-0.1, -0.05) is 42.7 Å². The zero-order chi connectivity index (χ0) is 26.8. The Hall–Kier alpha value is -3.26. The molecule has 9 nitrogen and oxygen atoms in total. The van der Waals surface area contributed by atoms with E-state index >= 15 is 0 Å². The molecule has 1 aliphatic rings. The third-order valence-corrected chi connectivity index (χ3v) is 6.39. The highest BCUT2D eigenvalue weighted by molar-refractivity contribution is 5.77. The van der Waals surface area contributed by atoms with E-state index in [2.05, 4.69) is 46.5 Å². The molecule has 3 rings (SSSR count). The Bertz CT molecular complexity index is 1040. The number of fused-ring (bicyclic) bond motifs is 1. The molecular formula is C29H40N4O5. The van der Waals surface area contributed by atoms with Gasteiger partial charge < -0.3 is 24.3 Å². The lowest BCUT2D eigenvalue weighted by Crippen LogP contribution is -2.28. The van der Waals surface area contributed by atoms with Gasteiger partial charge in [0.2, 0.25) is 5.91 Å². The summed E-state index contributed by atoms with van der Waals surface area (Å²) >= 11 is 0. The Morgan fingerprint density at radius 2 is 1.87 bits per heavy atom. The highest BCUT2D eigenvalue weighted by atomic mass is 16.5. The molecular weight excluding hydrogens is 484 g/mol. The molecule has 2 aromatic carbocycles. The average molecular weight is 525 g/mol. The number of carbonyl (C=O) groups is 1. The Balaban J connectivity index is 1.29. The van der Waals surface area contributed by atoms with Gasteiger partial charge in [-0.3, -0.25) is 4.79 Å². The number of azide groups is 1. The van der Waals surface area contributed by atoms with Crippen LogP contribution in [0.15, 0.2) is 47.6 Å². The van der Waals surface area contributed by atoms with E-state index in [0.717, 1.165) is 43.6 Å². The highest BCUT2D eigenvalue weighted by Gasteiger charge is 2.25. The van der Waals surface area contributed by atoms with Gasteiger partial charge in [0, 0.05) is 30.8 Å². The van der Waals surface area contributed by atoms with Crippen LogP contribution in [-0.4, -0.2) is 58.6 Å². The molecule has 206 valence electrons. The van der Waals surface area contributed by atoms with Gasteiger partial charge in [-0.05, 0) is 65.6 Å². The van der Waals surface area contributed by atoms with Gasteiger partial charge >= 0.3 is 0 Å². The van der Waals surface area contributed by atoms with Gasteiger partial charge in [-0.2, -0.15) is 0 Å². The summed E-state index contributed by atoms with van der Waals surface area (Å²) in [5.74, 6) is 2.12. The lowest BCUT2D eigenvalue weighted by Gasteiger charge is -2.14. The van der Waals surface area contributed by atoms with Crippen molar-refractivity contribution in [2.75, 3.05) is 52.7 Å². The van der Waals surface area contributed by atoms with Crippen LogP contribution in [0.2, 0.25) is 0 Å². The van der Waals surface area contributed by atoms with E-state index < -0.39 is 0 Å². The fraction of sp³-hybridized carbons (Fsp3) is 0.552. The summed E-state index contributed by atoms with van der Waals surface area (Å²) in [6.07, 6.45) is 5.35. The number of carbonyl (C=O) groups excluding carboxylic acids is 1. The molecule has 1 aliphatic carbocycles. The lowest BCUT2D eigenvalue weighted by molar-refractivity contribution is -0.121. The first kappa shape index (κ1) is 29.3. The van der Waals surface area contributed by atoms with Gasteiger partial charge in [0.25, 0.3) is 0 Å². The van der Waals surface area contributed by atoms with Gasteiger partial charge in [-0.15, -0.1) is 0 Å². The van der Waals surface area contributed by atoms with Crippen molar-refractivity contribution in [3.8, 4) is 11.5 Å². The largest absolute Gasteiger partial charge is 0.493 e. The van der Waals surface area contributed by atoms with E-state index in [1.807, 2.05) is 18.2 Å². The van der Waals surface area contributed by atoms with Crippen LogP contribution in [0, 0.1) is 0 Å². The molecule has 0 spiro atoms. The number of nitrogens with one attached hydrogen (secondary N) is 1. The first-order valence-electron chi connectivity index (χ1n) is 13.6. The minimum Gasteiger partial charge on any atom is -0.493 e. The third-order valence-electron chi connectivity index (χ3n) is 6.39. The molecule has 1 atom stereocenters. The summed E-state index contributed by atoms with van der Waals surface area (Å²) in [5.41, 5.74) is 12.0.